The van der Waals surface area contributed by atoms with Crippen molar-refractivity contribution in [1.29, 1.82) is 0 Å². The molecule has 0 radical (unpaired) electrons. The van der Waals surface area contributed by atoms with Gasteiger partial charge in [0, 0.05) is 0 Å². The van der Waals surface area contributed by atoms with E-state index in [0.717, 1.165) is 5.56 Å². The number of oxazole rings is 1. The first kappa shape index (κ1) is 14.2. The topological polar surface area (TPSA) is 63.3 Å². The van der Waals surface area contributed by atoms with Gasteiger partial charge in [-0.25, -0.2) is 14.2 Å². The lowest BCUT2D eigenvalue weighted by atomic mass is 10.1. The Labute approximate surface area is 116 Å². The number of rotatable bonds is 4. The van der Waals surface area contributed by atoms with Gasteiger partial charge in [-0.05, 0) is 37.0 Å². The summed E-state index contributed by atoms with van der Waals surface area (Å²) in [4.78, 5) is 15.3. The summed E-state index contributed by atoms with van der Waals surface area (Å²) in [5.41, 5.74) is 1.30. The van der Waals surface area contributed by atoms with Crippen LogP contribution in [0.1, 0.15) is 35.7 Å². The number of aryl methyl sites for hydroxylation is 1. The monoisotopic (exact) mass is 277 g/mol. The second-order valence-electron chi connectivity index (χ2n) is 5.18. The highest BCUT2D eigenvalue weighted by Crippen LogP contribution is 2.26. The van der Waals surface area contributed by atoms with Crippen LogP contribution in [0.25, 0.3) is 11.5 Å². The van der Waals surface area contributed by atoms with Crippen molar-refractivity contribution in [2.24, 2.45) is 5.92 Å². The fraction of sp³-hybridized carbons (Fsp3) is 0.333. The Morgan fingerprint density at radius 2 is 2.15 bits per heavy atom. The van der Waals surface area contributed by atoms with E-state index in [1.165, 1.54) is 6.07 Å². The standard InChI is InChI=1S/C15H16FNO3/c1-8(2)6-12-13(15(18)19)20-14(17-12)10-5-4-9(3)7-11(10)16/h4-5,7-8H,6H2,1-3H3,(H,18,19). The molecule has 1 N–H and O–H groups in total. The molecule has 0 amide bonds. The van der Waals surface area contributed by atoms with Crippen LogP contribution in [0, 0.1) is 18.7 Å². The number of carboxylic acid groups (broad SMARTS) is 1. The zero-order chi connectivity index (χ0) is 14.9. The van der Waals surface area contributed by atoms with Gasteiger partial charge in [0.05, 0.1) is 11.3 Å². The lowest BCUT2D eigenvalue weighted by Crippen LogP contribution is -2.03. The van der Waals surface area contributed by atoms with E-state index in [0.29, 0.717) is 12.1 Å². The molecule has 0 unspecified atom stereocenters. The maximum atomic E-state index is 13.9. The summed E-state index contributed by atoms with van der Waals surface area (Å²) in [6.45, 7) is 5.67. The van der Waals surface area contributed by atoms with Gasteiger partial charge in [-0.3, -0.25) is 0 Å². The number of aromatic carboxylic acids is 1. The Kier molecular flexibility index (Phi) is 3.88. The molecule has 0 aliphatic carbocycles. The average molecular weight is 277 g/mol. The largest absolute Gasteiger partial charge is 0.475 e. The SMILES string of the molecule is Cc1ccc(-c2nc(CC(C)C)c(C(=O)O)o2)c(F)c1. The molecule has 0 saturated heterocycles. The number of carbonyl (C=O) groups is 1. The fourth-order valence-electron chi connectivity index (χ4n) is 1.95. The van der Waals surface area contributed by atoms with E-state index in [1.54, 1.807) is 19.1 Å². The number of benzene rings is 1. The Morgan fingerprint density at radius 1 is 1.45 bits per heavy atom. The minimum absolute atomic E-state index is 0.00977. The highest BCUT2D eigenvalue weighted by Gasteiger charge is 2.22. The van der Waals surface area contributed by atoms with Gasteiger partial charge in [0.15, 0.2) is 0 Å². The quantitative estimate of drug-likeness (QED) is 0.925. The molecule has 0 saturated carbocycles. The van der Waals surface area contributed by atoms with Gasteiger partial charge in [0.1, 0.15) is 5.82 Å². The Bertz CT molecular complexity index is 647. The summed E-state index contributed by atoms with van der Waals surface area (Å²) in [5.74, 6) is -1.63. The molecular formula is C15H16FNO3. The molecule has 4 nitrogen and oxygen atoms in total. The fourth-order valence-corrected chi connectivity index (χ4v) is 1.95. The molecular weight excluding hydrogens is 261 g/mol. The van der Waals surface area contributed by atoms with Crippen molar-refractivity contribution < 1.29 is 18.7 Å². The molecule has 0 spiro atoms. The molecule has 1 heterocycles. The second kappa shape index (κ2) is 5.45. The van der Waals surface area contributed by atoms with Crippen LogP contribution in [-0.2, 0) is 6.42 Å². The molecule has 2 rings (SSSR count). The van der Waals surface area contributed by atoms with Gasteiger partial charge < -0.3 is 9.52 Å². The van der Waals surface area contributed by atoms with E-state index in [1.807, 2.05) is 13.8 Å². The van der Waals surface area contributed by atoms with Gasteiger partial charge in [0.25, 0.3) is 0 Å². The summed E-state index contributed by atoms with van der Waals surface area (Å²) < 4.78 is 19.1. The van der Waals surface area contributed by atoms with Crippen LogP contribution in [0.4, 0.5) is 4.39 Å². The molecule has 0 atom stereocenters. The molecule has 0 fully saturated rings. The zero-order valence-corrected chi connectivity index (χ0v) is 11.6. The maximum absolute atomic E-state index is 13.9. The molecule has 0 aliphatic rings. The van der Waals surface area contributed by atoms with E-state index >= 15 is 0 Å². The van der Waals surface area contributed by atoms with E-state index in [9.17, 15) is 9.18 Å². The van der Waals surface area contributed by atoms with E-state index < -0.39 is 11.8 Å². The van der Waals surface area contributed by atoms with Gasteiger partial charge in [-0.2, -0.15) is 0 Å². The third-order valence-electron chi connectivity index (χ3n) is 2.85. The van der Waals surface area contributed by atoms with Crippen LogP contribution >= 0.6 is 0 Å². The number of hydrogen-bond acceptors (Lipinski definition) is 3. The Balaban J connectivity index is 2.49. The number of hydrogen-bond donors (Lipinski definition) is 1. The number of carboxylic acids is 1. The van der Waals surface area contributed by atoms with Crippen LogP contribution in [0.15, 0.2) is 22.6 Å². The van der Waals surface area contributed by atoms with E-state index in [4.69, 9.17) is 9.52 Å². The van der Waals surface area contributed by atoms with Crippen LogP contribution < -0.4 is 0 Å². The molecule has 2 aromatic rings. The smallest absolute Gasteiger partial charge is 0.373 e. The summed E-state index contributed by atoms with van der Waals surface area (Å²) in [6, 6.07) is 4.63. The van der Waals surface area contributed by atoms with Gasteiger partial charge in [-0.1, -0.05) is 19.9 Å². The van der Waals surface area contributed by atoms with Crippen molar-refractivity contribution in [1.82, 2.24) is 4.98 Å². The van der Waals surface area contributed by atoms with Crippen molar-refractivity contribution >= 4 is 5.97 Å². The average Bonchev–Trinajstić information content (AvgIpc) is 2.71. The second-order valence-corrected chi connectivity index (χ2v) is 5.18. The predicted octanol–water partition coefficient (Wildman–Crippen LogP) is 3.69. The van der Waals surface area contributed by atoms with Crippen molar-refractivity contribution in [3.05, 3.63) is 41.0 Å². The van der Waals surface area contributed by atoms with Gasteiger partial charge >= 0.3 is 5.97 Å². The van der Waals surface area contributed by atoms with E-state index in [-0.39, 0.29) is 23.1 Å². The molecule has 0 aliphatic heterocycles. The van der Waals surface area contributed by atoms with Crippen LogP contribution in [0.5, 0.6) is 0 Å². The van der Waals surface area contributed by atoms with Crippen LogP contribution in [0.3, 0.4) is 0 Å². The summed E-state index contributed by atoms with van der Waals surface area (Å²) >= 11 is 0. The summed E-state index contributed by atoms with van der Waals surface area (Å²) in [7, 11) is 0. The van der Waals surface area contributed by atoms with E-state index in [2.05, 4.69) is 4.98 Å². The van der Waals surface area contributed by atoms with Crippen LogP contribution in [0.2, 0.25) is 0 Å². The first-order valence-corrected chi connectivity index (χ1v) is 6.38. The van der Waals surface area contributed by atoms with Gasteiger partial charge in [0.2, 0.25) is 11.7 Å². The summed E-state index contributed by atoms with van der Waals surface area (Å²) in [5, 5.41) is 9.12. The summed E-state index contributed by atoms with van der Waals surface area (Å²) in [6.07, 6.45) is 0.471. The Hall–Kier alpha value is -2.17. The number of halogens is 1. The third kappa shape index (κ3) is 2.87. The van der Waals surface area contributed by atoms with Crippen molar-refractivity contribution in [3.8, 4) is 11.5 Å². The lowest BCUT2D eigenvalue weighted by molar-refractivity contribution is 0.0661. The van der Waals surface area contributed by atoms with Gasteiger partial charge in [-0.15, -0.1) is 0 Å². The lowest BCUT2D eigenvalue weighted by Gasteiger charge is -2.00. The molecule has 5 heteroatoms. The molecule has 106 valence electrons. The third-order valence-corrected chi connectivity index (χ3v) is 2.85. The normalized spacial score (nSPS) is 11.1. The first-order chi connectivity index (χ1) is 9.38. The minimum Gasteiger partial charge on any atom is -0.475 e. The molecule has 1 aromatic heterocycles. The molecule has 0 bridgehead atoms. The molecule has 1 aromatic carbocycles. The Morgan fingerprint density at radius 3 is 2.70 bits per heavy atom. The molecule has 20 heavy (non-hydrogen) atoms. The zero-order valence-electron chi connectivity index (χ0n) is 11.6. The highest BCUT2D eigenvalue weighted by molar-refractivity contribution is 5.86. The highest BCUT2D eigenvalue weighted by atomic mass is 19.1. The predicted molar refractivity (Wildman–Crippen MR) is 72.1 cm³/mol. The maximum Gasteiger partial charge on any atom is 0.373 e. The van der Waals surface area contributed by atoms with Crippen molar-refractivity contribution in [2.45, 2.75) is 27.2 Å². The van der Waals surface area contributed by atoms with Crippen LogP contribution in [-0.4, -0.2) is 16.1 Å². The number of nitrogens with zero attached hydrogens (tertiary/aromatic N) is 1. The van der Waals surface area contributed by atoms with Crippen molar-refractivity contribution in [3.63, 3.8) is 0 Å². The minimum atomic E-state index is -1.19. The first-order valence-electron chi connectivity index (χ1n) is 6.38. The van der Waals surface area contributed by atoms with Crippen molar-refractivity contribution in [2.75, 3.05) is 0 Å². The number of aromatic nitrogens is 1.